The van der Waals surface area contributed by atoms with E-state index in [2.05, 4.69) is 5.10 Å². The molecule has 1 aromatic heterocycles. The molecule has 2 rings (SSSR count). The van der Waals surface area contributed by atoms with Crippen molar-refractivity contribution in [3.63, 3.8) is 0 Å². The number of H-pyrrole nitrogens is 1. The Kier molecular flexibility index (Phi) is 1.55. The van der Waals surface area contributed by atoms with Gasteiger partial charge in [-0.25, -0.2) is 0 Å². The monoisotopic (exact) mass is 176 g/mol. The summed E-state index contributed by atoms with van der Waals surface area (Å²) in [5, 5.41) is 3.41. The molecule has 0 fully saturated rings. The molecule has 0 saturated heterocycles. The Morgan fingerprint density at radius 1 is 1.46 bits per heavy atom. The first-order valence-electron chi connectivity index (χ1n) is 3.86. The molecule has 0 saturated carbocycles. The molecule has 2 aromatic rings. The van der Waals surface area contributed by atoms with Crippen molar-refractivity contribution in [3.8, 4) is 0 Å². The largest absolute Gasteiger partial charge is 0.298 e. The summed E-state index contributed by atoms with van der Waals surface area (Å²) in [5.74, 6) is 0. The smallest absolute Gasteiger partial charge is 0.274 e. The summed E-state index contributed by atoms with van der Waals surface area (Å²) in [4.78, 5) is 21.9. The lowest BCUT2D eigenvalue weighted by Gasteiger charge is -1.88. The Hall–Kier alpha value is -1.84. The van der Waals surface area contributed by atoms with Crippen molar-refractivity contribution in [1.82, 2.24) is 9.78 Å². The van der Waals surface area contributed by atoms with Crippen LogP contribution in [-0.4, -0.2) is 16.1 Å². The van der Waals surface area contributed by atoms with Crippen LogP contribution in [0.1, 0.15) is 10.4 Å². The molecular formula is C9H8N2O2. The number of rotatable bonds is 1. The summed E-state index contributed by atoms with van der Waals surface area (Å²) in [6.07, 6.45) is 0.728. The van der Waals surface area contributed by atoms with Gasteiger partial charge in [0.05, 0.1) is 10.9 Å². The summed E-state index contributed by atoms with van der Waals surface area (Å²) < 4.78 is 1.39. The second-order valence-corrected chi connectivity index (χ2v) is 2.90. The van der Waals surface area contributed by atoms with E-state index in [1.54, 1.807) is 25.2 Å². The van der Waals surface area contributed by atoms with Crippen LogP contribution in [0.2, 0.25) is 0 Å². The van der Waals surface area contributed by atoms with Crippen molar-refractivity contribution in [1.29, 1.82) is 0 Å². The zero-order valence-corrected chi connectivity index (χ0v) is 7.07. The Morgan fingerprint density at radius 3 is 2.92 bits per heavy atom. The molecule has 0 aliphatic carbocycles. The van der Waals surface area contributed by atoms with Crippen LogP contribution in [0.15, 0.2) is 23.0 Å². The van der Waals surface area contributed by atoms with Crippen molar-refractivity contribution in [2.75, 3.05) is 0 Å². The molecule has 1 heterocycles. The van der Waals surface area contributed by atoms with E-state index in [0.29, 0.717) is 10.9 Å². The second kappa shape index (κ2) is 2.58. The number of hydrogen-bond acceptors (Lipinski definition) is 2. The van der Waals surface area contributed by atoms with E-state index in [1.165, 1.54) is 4.68 Å². The van der Waals surface area contributed by atoms with Crippen molar-refractivity contribution in [3.05, 3.63) is 34.1 Å². The van der Waals surface area contributed by atoms with E-state index < -0.39 is 0 Å². The van der Waals surface area contributed by atoms with Crippen molar-refractivity contribution >= 4 is 17.2 Å². The third-order valence-corrected chi connectivity index (χ3v) is 2.00. The van der Waals surface area contributed by atoms with Gasteiger partial charge >= 0.3 is 0 Å². The van der Waals surface area contributed by atoms with Gasteiger partial charge in [-0.1, -0.05) is 0 Å². The Labute approximate surface area is 73.8 Å². The van der Waals surface area contributed by atoms with E-state index in [1.807, 2.05) is 0 Å². The number of nitrogens with zero attached hydrogens (tertiary/aromatic N) is 1. The summed E-state index contributed by atoms with van der Waals surface area (Å²) in [6, 6.07) is 4.98. The highest BCUT2D eigenvalue weighted by molar-refractivity contribution is 5.86. The highest BCUT2D eigenvalue weighted by Gasteiger charge is 2.03. The maximum Gasteiger partial charge on any atom is 0.274 e. The predicted molar refractivity (Wildman–Crippen MR) is 48.9 cm³/mol. The molecule has 0 unspecified atom stereocenters. The van der Waals surface area contributed by atoms with Crippen molar-refractivity contribution < 1.29 is 4.79 Å². The van der Waals surface area contributed by atoms with Gasteiger partial charge < -0.3 is 0 Å². The minimum atomic E-state index is -0.112. The molecule has 4 nitrogen and oxygen atoms in total. The van der Waals surface area contributed by atoms with E-state index in [0.717, 1.165) is 11.8 Å². The maximum absolute atomic E-state index is 11.4. The predicted octanol–water partition coefficient (Wildman–Crippen LogP) is 0.679. The van der Waals surface area contributed by atoms with Crippen LogP contribution in [0, 0.1) is 0 Å². The molecule has 1 N–H and O–H groups in total. The zero-order valence-electron chi connectivity index (χ0n) is 7.07. The van der Waals surface area contributed by atoms with Gasteiger partial charge in [0.15, 0.2) is 0 Å². The number of carbonyl (C=O) groups excluding carboxylic acids is 1. The normalized spacial score (nSPS) is 10.5. The van der Waals surface area contributed by atoms with Gasteiger partial charge in [-0.15, -0.1) is 0 Å². The lowest BCUT2D eigenvalue weighted by Crippen LogP contribution is -2.11. The Morgan fingerprint density at radius 2 is 2.23 bits per heavy atom. The lowest BCUT2D eigenvalue weighted by molar-refractivity contribution is 0.112. The third-order valence-electron chi connectivity index (χ3n) is 2.00. The van der Waals surface area contributed by atoms with Gasteiger partial charge in [0.25, 0.3) is 5.56 Å². The summed E-state index contributed by atoms with van der Waals surface area (Å²) >= 11 is 0. The average Bonchev–Trinajstić information content (AvgIpc) is 2.43. The quantitative estimate of drug-likeness (QED) is 0.649. The topological polar surface area (TPSA) is 54.9 Å². The SMILES string of the molecule is Cn1[nH]c2ccc(C=O)cc2c1=O. The molecule has 0 amide bonds. The van der Waals surface area contributed by atoms with E-state index in [4.69, 9.17) is 0 Å². The number of aldehydes is 1. The first-order chi connectivity index (χ1) is 6.22. The molecule has 4 heteroatoms. The zero-order chi connectivity index (χ0) is 9.42. The van der Waals surface area contributed by atoms with E-state index in [-0.39, 0.29) is 5.56 Å². The van der Waals surface area contributed by atoms with Crippen LogP contribution in [0.3, 0.4) is 0 Å². The number of aromatic amines is 1. The molecule has 0 spiro atoms. The number of aryl methyl sites for hydroxylation is 1. The van der Waals surface area contributed by atoms with Gasteiger partial charge in [-0.2, -0.15) is 0 Å². The Balaban J connectivity index is 2.90. The first-order valence-corrected chi connectivity index (χ1v) is 3.86. The Bertz CT molecular complexity index is 522. The minimum Gasteiger partial charge on any atom is -0.298 e. The van der Waals surface area contributed by atoms with Crippen LogP contribution in [0.5, 0.6) is 0 Å². The molecule has 66 valence electrons. The summed E-state index contributed by atoms with van der Waals surface area (Å²) in [6.45, 7) is 0. The van der Waals surface area contributed by atoms with Crippen LogP contribution in [0.25, 0.3) is 10.9 Å². The number of carbonyl (C=O) groups is 1. The van der Waals surface area contributed by atoms with Gasteiger partial charge in [-0.3, -0.25) is 19.4 Å². The number of aromatic nitrogens is 2. The summed E-state index contributed by atoms with van der Waals surface area (Å²) in [5.41, 5.74) is 1.15. The van der Waals surface area contributed by atoms with Crippen LogP contribution < -0.4 is 5.56 Å². The standard InChI is InChI=1S/C9H8N2O2/c1-11-9(13)7-4-6(5-12)2-3-8(7)10-11/h2-5,10H,1H3. The minimum absolute atomic E-state index is 0.112. The van der Waals surface area contributed by atoms with Crippen LogP contribution in [0.4, 0.5) is 0 Å². The van der Waals surface area contributed by atoms with Gasteiger partial charge in [0.1, 0.15) is 6.29 Å². The number of fused-ring (bicyclic) bond motifs is 1. The molecular weight excluding hydrogens is 168 g/mol. The first kappa shape index (κ1) is 7.79. The van der Waals surface area contributed by atoms with Crippen LogP contribution in [-0.2, 0) is 7.05 Å². The van der Waals surface area contributed by atoms with Gasteiger partial charge in [0, 0.05) is 12.6 Å². The fourth-order valence-electron chi connectivity index (χ4n) is 1.32. The molecule has 13 heavy (non-hydrogen) atoms. The van der Waals surface area contributed by atoms with E-state index >= 15 is 0 Å². The number of nitrogens with one attached hydrogen (secondary N) is 1. The average molecular weight is 176 g/mol. The molecule has 0 bridgehead atoms. The van der Waals surface area contributed by atoms with E-state index in [9.17, 15) is 9.59 Å². The van der Waals surface area contributed by atoms with Crippen molar-refractivity contribution in [2.24, 2.45) is 7.05 Å². The van der Waals surface area contributed by atoms with Crippen LogP contribution >= 0.6 is 0 Å². The number of benzene rings is 1. The fraction of sp³-hybridized carbons (Fsp3) is 0.111. The summed E-state index contributed by atoms with van der Waals surface area (Å²) in [7, 11) is 1.64. The van der Waals surface area contributed by atoms with Crippen molar-refractivity contribution in [2.45, 2.75) is 0 Å². The molecule has 1 aromatic carbocycles. The third kappa shape index (κ3) is 1.07. The molecule has 0 atom stereocenters. The fourth-order valence-corrected chi connectivity index (χ4v) is 1.32. The second-order valence-electron chi connectivity index (χ2n) is 2.90. The number of hydrogen-bond donors (Lipinski definition) is 1. The van der Waals surface area contributed by atoms with Gasteiger partial charge in [-0.05, 0) is 18.2 Å². The highest BCUT2D eigenvalue weighted by atomic mass is 16.1. The molecule has 0 radical (unpaired) electrons. The molecule has 0 aliphatic rings. The maximum atomic E-state index is 11.4. The molecule has 0 aliphatic heterocycles. The lowest BCUT2D eigenvalue weighted by atomic mass is 10.2. The van der Waals surface area contributed by atoms with Gasteiger partial charge in [0.2, 0.25) is 0 Å². The highest BCUT2D eigenvalue weighted by Crippen LogP contribution is 2.08.